The van der Waals surface area contributed by atoms with Crippen molar-refractivity contribution in [2.45, 2.75) is 58.9 Å². The van der Waals surface area contributed by atoms with Crippen molar-refractivity contribution >= 4 is 11.8 Å². The molecule has 148 valence electrons. The number of aryl methyl sites for hydroxylation is 2. The van der Waals surface area contributed by atoms with Crippen LogP contribution in [0, 0.1) is 12.8 Å². The molecule has 2 atom stereocenters. The fourth-order valence-corrected chi connectivity index (χ4v) is 4.42. The van der Waals surface area contributed by atoms with E-state index in [-0.39, 0.29) is 17.9 Å². The van der Waals surface area contributed by atoms with Gasteiger partial charge in [0.2, 0.25) is 11.8 Å². The van der Waals surface area contributed by atoms with Gasteiger partial charge in [-0.15, -0.1) is 0 Å². The first kappa shape index (κ1) is 19.7. The smallest absolute Gasteiger partial charge is 0.222 e. The number of amides is 2. The highest BCUT2D eigenvalue weighted by Gasteiger charge is 2.37. The van der Waals surface area contributed by atoms with Gasteiger partial charge in [-0.25, -0.2) is 0 Å². The van der Waals surface area contributed by atoms with Gasteiger partial charge in [0.15, 0.2) is 0 Å². The van der Waals surface area contributed by atoms with Crippen molar-refractivity contribution in [3.05, 3.63) is 29.3 Å². The van der Waals surface area contributed by atoms with E-state index in [0.717, 1.165) is 50.1 Å². The lowest BCUT2D eigenvalue weighted by atomic mass is 9.94. The molecule has 1 aromatic carbocycles. The molecule has 2 amide bonds. The third-order valence-corrected chi connectivity index (χ3v) is 5.87. The van der Waals surface area contributed by atoms with Gasteiger partial charge in [0.05, 0.1) is 6.61 Å². The summed E-state index contributed by atoms with van der Waals surface area (Å²) >= 11 is 0. The Balaban J connectivity index is 1.52. The first-order valence-electron chi connectivity index (χ1n) is 10.2. The molecule has 0 aliphatic carbocycles. The standard InChI is InChI=1S/C22H32N2O3/c1-4-27-21-11-9-18(12-16(21)2)6-5-7-22(26)24-14-19-8-10-20(24)15-23(13-19)17(3)25/h9,11-12,19-20H,4-8,10,13-15H2,1-3H3/t19-,20+/m0/s1. The summed E-state index contributed by atoms with van der Waals surface area (Å²) in [5, 5.41) is 0. The SMILES string of the molecule is CCOc1ccc(CCCC(=O)N2C[C@H]3CC[C@@H]2CN(C(C)=O)C3)cc1C. The number of nitrogens with zero attached hydrogens (tertiary/aromatic N) is 2. The van der Waals surface area contributed by atoms with Crippen LogP contribution in [0.5, 0.6) is 5.75 Å². The Morgan fingerprint density at radius 2 is 2.00 bits per heavy atom. The summed E-state index contributed by atoms with van der Waals surface area (Å²) in [5.41, 5.74) is 2.40. The van der Waals surface area contributed by atoms with E-state index in [9.17, 15) is 9.59 Å². The van der Waals surface area contributed by atoms with Crippen LogP contribution >= 0.6 is 0 Å². The van der Waals surface area contributed by atoms with E-state index in [0.29, 0.717) is 25.5 Å². The predicted octanol–water partition coefficient (Wildman–Crippen LogP) is 3.19. The van der Waals surface area contributed by atoms with Gasteiger partial charge in [-0.05, 0) is 62.6 Å². The Bertz CT molecular complexity index is 688. The van der Waals surface area contributed by atoms with Crippen LogP contribution in [-0.2, 0) is 16.0 Å². The molecule has 0 unspecified atom stereocenters. The first-order valence-corrected chi connectivity index (χ1v) is 10.2. The Morgan fingerprint density at radius 1 is 1.19 bits per heavy atom. The summed E-state index contributed by atoms with van der Waals surface area (Å²) in [6, 6.07) is 6.49. The lowest BCUT2D eigenvalue weighted by Gasteiger charge is -2.36. The lowest BCUT2D eigenvalue weighted by Crippen LogP contribution is -2.47. The molecule has 5 nitrogen and oxygen atoms in total. The van der Waals surface area contributed by atoms with Gasteiger partial charge in [-0.3, -0.25) is 9.59 Å². The van der Waals surface area contributed by atoms with Crippen molar-refractivity contribution in [2.75, 3.05) is 26.2 Å². The molecule has 3 aliphatic rings. The van der Waals surface area contributed by atoms with Gasteiger partial charge in [-0.2, -0.15) is 0 Å². The van der Waals surface area contributed by atoms with Gasteiger partial charge >= 0.3 is 0 Å². The first-order chi connectivity index (χ1) is 13.0. The number of benzene rings is 1. The summed E-state index contributed by atoms with van der Waals surface area (Å²) in [6.45, 7) is 8.69. The summed E-state index contributed by atoms with van der Waals surface area (Å²) in [7, 11) is 0. The van der Waals surface area contributed by atoms with Crippen molar-refractivity contribution in [2.24, 2.45) is 5.92 Å². The zero-order chi connectivity index (χ0) is 19.4. The number of ether oxygens (including phenoxy) is 1. The average molecular weight is 373 g/mol. The van der Waals surface area contributed by atoms with E-state index in [1.807, 2.05) is 17.9 Å². The number of fused-ring (bicyclic) bond motifs is 4. The summed E-state index contributed by atoms with van der Waals surface area (Å²) in [4.78, 5) is 28.6. The second-order valence-electron chi connectivity index (χ2n) is 7.95. The van der Waals surface area contributed by atoms with Crippen LogP contribution < -0.4 is 4.74 Å². The van der Waals surface area contributed by atoms with Crippen LogP contribution in [0.15, 0.2) is 18.2 Å². The van der Waals surface area contributed by atoms with E-state index in [1.54, 1.807) is 6.92 Å². The number of carbonyl (C=O) groups is 2. The summed E-state index contributed by atoms with van der Waals surface area (Å²) in [6.07, 6.45) is 4.49. The molecule has 0 radical (unpaired) electrons. The number of carbonyl (C=O) groups excluding carboxylic acids is 2. The molecule has 1 aromatic rings. The zero-order valence-electron chi connectivity index (χ0n) is 16.9. The fraction of sp³-hybridized carbons (Fsp3) is 0.636. The second-order valence-corrected chi connectivity index (χ2v) is 7.95. The molecule has 0 aromatic heterocycles. The summed E-state index contributed by atoms with van der Waals surface area (Å²) < 4.78 is 5.59. The second kappa shape index (κ2) is 8.77. The lowest BCUT2D eigenvalue weighted by molar-refractivity contribution is -0.136. The van der Waals surface area contributed by atoms with Crippen molar-refractivity contribution in [1.29, 1.82) is 0 Å². The maximum atomic E-state index is 12.8. The van der Waals surface area contributed by atoms with Crippen LogP contribution in [0.4, 0.5) is 0 Å². The molecule has 3 heterocycles. The van der Waals surface area contributed by atoms with E-state index < -0.39 is 0 Å². The molecule has 3 saturated heterocycles. The van der Waals surface area contributed by atoms with E-state index in [2.05, 4.69) is 24.0 Å². The largest absolute Gasteiger partial charge is 0.494 e. The molecule has 5 heteroatoms. The van der Waals surface area contributed by atoms with Crippen molar-refractivity contribution in [3.63, 3.8) is 0 Å². The number of hydrogen-bond acceptors (Lipinski definition) is 3. The third-order valence-electron chi connectivity index (χ3n) is 5.87. The Hall–Kier alpha value is -2.04. The molecule has 27 heavy (non-hydrogen) atoms. The van der Waals surface area contributed by atoms with E-state index in [4.69, 9.17) is 4.74 Å². The zero-order valence-corrected chi connectivity index (χ0v) is 16.9. The Kier molecular flexibility index (Phi) is 6.40. The number of piperidine rings is 1. The monoisotopic (exact) mass is 372 g/mol. The average Bonchev–Trinajstić information content (AvgIpc) is 2.96. The molecule has 2 bridgehead atoms. The normalized spacial score (nSPS) is 21.9. The topological polar surface area (TPSA) is 49.9 Å². The Morgan fingerprint density at radius 3 is 2.70 bits per heavy atom. The molecule has 0 spiro atoms. The quantitative estimate of drug-likeness (QED) is 0.771. The Labute approximate surface area is 162 Å². The van der Waals surface area contributed by atoms with Gasteiger partial charge in [0.25, 0.3) is 0 Å². The summed E-state index contributed by atoms with van der Waals surface area (Å²) in [5.74, 6) is 1.75. The highest BCUT2D eigenvalue weighted by atomic mass is 16.5. The molecular formula is C22H32N2O3. The molecular weight excluding hydrogens is 340 g/mol. The molecule has 3 fully saturated rings. The molecule has 0 N–H and O–H groups in total. The van der Waals surface area contributed by atoms with Crippen molar-refractivity contribution in [1.82, 2.24) is 9.80 Å². The van der Waals surface area contributed by atoms with Crippen LogP contribution in [0.3, 0.4) is 0 Å². The maximum Gasteiger partial charge on any atom is 0.222 e. The van der Waals surface area contributed by atoms with Crippen molar-refractivity contribution in [3.8, 4) is 5.75 Å². The minimum atomic E-state index is 0.132. The van der Waals surface area contributed by atoms with Crippen molar-refractivity contribution < 1.29 is 14.3 Å². The fourth-order valence-electron chi connectivity index (χ4n) is 4.42. The van der Waals surface area contributed by atoms with Gasteiger partial charge < -0.3 is 14.5 Å². The van der Waals surface area contributed by atoms with Gasteiger partial charge in [0.1, 0.15) is 5.75 Å². The van der Waals surface area contributed by atoms with Crippen LogP contribution in [-0.4, -0.2) is 53.9 Å². The predicted molar refractivity (Wildman–Crippen MR) is 106 cm³/mol. The van der Waals surface area contributed by atoms with Gasteiger partial charge in [-0.1, -0.05) is 12.1 Å². The maximum absolute atomic E-state index is 12.8. The molecule has 0 saturated carbocycles. The highest BCUT2D eigenvalue weighted by molar-refractivity contribution is 5.77. The van der Waals surface area contributed by atoms with E-state index in [1.165, 1.54) is 5.56 Å². The number of rotatable bonds is 6. The molecule has 3 aliphatic heterocycles. The van der Waals surface area contributed by atoms with Crippen LogP contribution in [0.2, 0.25) is 0 Å². The molecule has 4 rings (SSSR count). The van der Waals surface area contributed by atoms with Gasteiger partial charge in [0, 0.05) is 39.0 Å². The minimum absolute atomic E-state index is 0.132. The highest BCUT2D eigenvalue weighted by Crippen LogP contribution is 2.29. The third kappa shape index (κ3) is 4.82. The minimum Gasteiger partial charge on any atom is -0.494 e. The van der Waals surface area contributed by atoms with Crippen LogP contribution in [0.1, 0.15) is 50.7 Å². The van der Waals surface area contributed by atoms with E-state index >= 15 is 0 Å². The van der Waals surface area contributed by atoms with Crippen LogP contribution in [0.25, 0.3) is 0 Å². The number of hydrogen-bond donors (Lipinski definition) is 0.